The van der Waals surface area contributed by atoms with E-state index in [-0.39, 0.29) is 5.91 Å². The Balaban J connectivity index is 1.63. The van der Waals surface area contributed by atoms with Crippen LogP contribution in [0.15, 0.2) is 24.3 Å². The van der Waals surface area contributed by atoms with Crippen LogP contribution in [0.25, 0.3) is 0 Å². The van der Waals surface area contributed by atoms with Crippen LogP contribution in [-0.4, -0.2) is 68.6 Å². The van der Waals surface area contributed by atoms with Gasteiger partial charge in [-0.3, -0.25) is 4.79 Å². The molecule has 1 amide bonds. The lowest BCUT2D eigenvalue weighted by atomic mass is 10.2. The molecule has 0 aliphatic carbocycles. The molecule has 1 aromatic carbocycles. The van der Waals surface area contributed by atoms with E-state index in [0.29, 0.717) is 5.56 Å². The summed E-state index contributed by atoms with van der Waals surface area (Å²) in [6.07, 6.45) is 3.16. The molecule has 2 rings (SSSR count). The lowest BCUT2D eigenvalue weighted by Gasteiger charge is -2.32. The number of ether oxygens (including phenoxy) is 1. The van der Waals surface area contributed by atoms with Crippen LogP contribution in [0.2, 0.25) is 0 Å². The zero-order chi connectivity index (χ0) is 17.2. The van der Waals surface area contributed by atoms with Crippen molar-refractivity contribution < 1.29 is 9.53 Å². The summed E-state index contributed by atoms with van der Waals surface area (Å²) < 4.78 is 5.61. The molecule has 0 spiro atoms. The standard InChI is InChI=1S/C19H31N3O2/c1-3-4-16-24-18-8-6-17(7-9-18)19(23)20-10-5-11-22-14-12-21(2)13-15-22/h6-9H,3-5,10-16H2,1-2H3,(H,20,23). The molecule has 1 heterocycles. The molecule has 0 aromatic heterocycles. The van der Waals surface area contributed by atoms with Gasteiger partial charge in [0.25, 0.3) is 5.91 Å². The maximum absolute atomic E-state index is 12.1. The summed E-state index contributed by atoms with van der Waals surface area (Å²) in [5.41, 5.74) is 0.692. The number of piperazine rings is 1. The highest BCUT2D eigenvalue weighted by atomic mass is 16.5. The van der Waals surface area contributed by atoms with Crippen LogP contribution in [-0.2, 0) is 0 Å². The summed E-state index contributed by atoms with van der Waals surface area (Å²) in [7, 11) is 2.16. The molecule has 1 aliphatic heterocycles. The maximum Gasteiger partial charge on any atom is 0.251 e. The third-order valence-corrected chi connectivity index (χ3v) is 4.42. The van der Waals surface area contributed by atoms with E-state index < -0.39 is 0 Å². The fraction of sp³-hybridized carbons (Fsp3) is 0.632. The quantitative estimate of drug-likeness (QED) is 0.704. The van der Waals surface area contributed by atoms with Gasteiger partial charge in [-0.15, -0.1) is 0 Å². The first-order valence-electron chi connectivity index (χ1n) is 9.11. The lowest BCUT2D eigenvalue weighted by molar-refractivity contribution is 0.0949. The molecule has 1 fully saturated rings. The maximum atomic E-state index is 12.1. The molecular formula is C19H31N3O2. The van der Waals surface area contributed by atoms with Crippen LogP contribution < -0.4 is 10.1 Å². The predicted octanol–water partition coefficient (Wildman–Crippen LogP) is 2.23. The fourth-order valence-corrected chi connectivity index (χ4v) is 2.72. The second-order valence-electron chi connectivity index (χ2n) is 6.48. The van der Waals surface area contributed by atoms with Crippen molar-refractivity contribution in [1.29, 1.82) is 0 Å². The first kappa shape index (κ1) is 18.7. The molecule has 0 unspecified atom stereocenters. The summed E-state index contributed by atoms with van der Waals surface area (Å²) in [6, 6.07) is 7.40. The van der Waals surface area contributed by atoms with Gasteiger partial charge in [0.05, 0.1) is 6.61 Å². The summed E-state index contributed by atoms with van der Waals surface area (Å²) in [5, 5.41) is 3.00. The number of hydrogen-bond donors (Lipinski definition) is 1. The Labute approximate surface area is 146 Å². The Morgan fingerprint density at radius 2 is 1.83 bits per heavy atom. The van der Waals surface area contributed by atoms with Crippen LogP contribution >= 0.6 is 0 Å². The Morgan fingerprint density at radius 3 is 2.50 bits per heavy atom. The first-order valence-corrected chi connectivity index (χ1v) is 9.11. The summed E-state index contributed by atoms with van der Waals surface area (Å²) in [6.45, 7) is 9.18. The van der Waals surface area contributed by atoms with Gasteiger partial charge in [-0.25, -0.2) is 0 Å². The Hall–Kier alpha value is -1.59. The molecule has 0 radical (unpaired) electrons. The molecule has 1 aromatic rings. The average molecular weight is 333 g/mol. The van der Waals surface area contributed by atoms with Crippen molar-refractivity contribution in [3.8, 4) is 5.75 Å². The third kappa shape index (κ3) is 6.49. The molecule has 0 bridgehead atoms. The molecule has 1 saturated heterocycles. The average Bonchev–Trinajstić information content (AvgIpc) is 2.61. The topological polar surface area (TPSA) is 44.8 Å². The largest absolute Gasteiger partial charge is 0.494 e. The van der Waals surface area contributed by atoms with Crippen molar-refractivity contribution in [1.82, 2.24) is 15.1 Å². The van der Waals surface area contributed by atoms with Crippen molar-refractivity contribution in [2.45, 2.75) is 26.2 Å². The molecule has 134 valence electrons. The summed E-state index contributed by atoms with van der Waals surface area (Å²) >= 11 is 0. The van der Waals surface area contributed by atoms with Gasteiger partial charge >= 0.3 is 0 Å². The van der Waals surface area contributed by atoms with Gasteiger partial charge in [0.1, 0.15) is 5.75 Å². The number of likely N-dealkylation sites (N-methyl/N-ethyl adjacent to an activating group) is 1. The number of nitrogens with zero attached hydrogens (tertiary/aromatic N) is 2. The zero-order valence-electron chi connectivity index (χ0n) is 15.1. The second kappa shape index (κ2) is 10.3. The van der Waals surface area contributed by atoms with Gasteiger partial charge < -0.3 is 19.9 Å². The molecule has 5 nitrogen and oxygen atoms in total. The molecule has 0 atom stereocenters. The minimum Gasteiger partial charge on any atom is -0.494 e. The van der Waals surface area contributed by atoms with Gasteiger partial charge in [-0.2, -0.15) is 0 Å². The zero-order valence-corrected chi connectivity index (χ0v) is 15.1. The fourth-order valence-electron chi connectivity index (χ4n) is 2.72. The normalized spacial score (nSPS) is 16.1. The number of hydrogen-bond acceptors (Lipinski definition) is 4. The second-order valence-corrected chi connectivity index (χ2v) is 6.48. The highest BCUT2D eigenvalue weighted by molar-refractivity contribution is 5.94. The molecule has 24 heavy (non-hydrogen) atoms. The number of benzene rings is 1. The SMILES string of the molecule is CCCCOc1ccc(C(=O)NCCCN2CCN(C)CC2)cc1. The van der Waals surface area contributed by atoms with E-state index in [0.717, 1.165) is 70.9 Å². The number of nitrogens with one attached hydrogen (secondary N) is 1. The van der Waals surface area contributed by atoms with Crippen LogP contribution in [0.5, 0.6) is 5.75 Å². The van der Waals surface area contributed by atoms with E-state index in [4.69, 9.17) is 4.74 Å². The van der Waals surface area contributed by atoms with Crippen LogP contribution in [0.4, 0.5) is 0 Å². The number of amides is 1. The molecular weight excluding hydrogens is 302 g/mol. The Bertz CT molecular complexity index is 482. The summed E-state index contributed by atoms with van der Waals surface area (Å²) in [4.78, 5) is 17.0. The third-order valence-electron chi connectivity index (χ3n) is 4.42. The minimum absolute atomic E-state index is 0.00603. The minimum atomic E-state index is -0.00603. The van der Waals surface area contributed by atoms with Gasteiger partial charge in [0.2, 0.25) is 0 Å². The van der Waals surface area contributed by atoms with E-state index in [1.807, 2.05) is 24.3 Å². The number of carbonyl (C=O) groups excluding carboxylic acids is 1. The van der Waals surface area contributed by atoms with E-state index in [1.54, 1.807) is 0 Å². The first-order chi connectivity index (χ1) is 11.7. The number of unbranched alkanes of at least 4 members (excludes halogenated alkanes) is 1. The van der Waals surface area contributed by atoms with Crippen LogP contribution in [0.1, 0.15) is 36.5 Å². The lowest BCUT2D eigenvalue weighted by Crippen LogP contribution is -2.45. The molecule has 5 heteroatoms. The van der Waals surface area contributed by atoms with E-state index >= 15 is 0 Å². The van der Waals surface area contributed by atoms with E-state index in [2.05, 4.69) is 29.1 Å². The van der Waals surface area contributed by atoms with Gasteiger partial charge in [0.15, 0.2) is 0 Å². The highest BCUT2D eigenvalue weighted by Gasteiger charge is 2.13. The highest BCUT2D eigenvalue weighted by Crippen LogP contribution is 2.12. The van der Waals surface area contributed by atoms with Crippen LogP contribution in [0.3, 0.4) is 0 Å². The van der Waals surface area contributed by atoms with Crippen molar-refractivity contribution in [3.05, 3.63) is 29.8 Å². The van der Waals surface area contributed by atoms with Gasteiger partial charge in [0, 0.05) is 38.3 Å². The van der Waals surface area contributed by atoms with E-state index in [1.165, 1.54) is 0 Å². The molecule has 1 aliphatic rings. The van der Waals surface area contributed by atoms with Gasteiger partial charge in [-0.05, 0) is 50.7 Å². The van der Waals surface area contributed by atoms with Gasteiger partial charge in [-0.1, -0.05) is 13.3 Å². The van der Waals surface area contributed by atoms with Crippen LogP contribution in [0, 0.1) is 0 Å². The number of rotatable bonds is 9. The Morgan fingerprint density at radius 1 is 1.12 bits per heavy atom. The van der Waals surface area contributed by atoms with E-state index in [9.17, 15) is 4.79 Å². The monoisotopic (exact) mass is 333 g/mol. The summed E-state index contributed by atoms with van der Waals surface area (Å²) in [5.74, 6) is 0.823. The number of carbonyl (C=O) groups is 1. The predicted molar refractivity (Wildman–Crippen MR) is 97.7 cm³/mol. The van der Waals surface area contributed by atoms with Crippen molar-refractivity contribution in [3.63, 3.8) is 0 Å². The molecule has 1 N–H and O–H groups in total. The molecule has 0 saturated carbocycles. The van der Waals surface area contributed by atoms with Crippen molar-refractivity contribution in [2.24, 2.45) is 0 Å². The van der Waals surface area contributed by atoms with Crippen molar-refractivity contribution >= 4 is 5.91 Å². The smallest absolute Gasteiger partial charge is 0.251 e. The van der Waals surface area contributed by atoms with Crippen molar-refractivity contribution in [2.75, 3.05) is 52.9 Å². The Kier molecular flexibility index (Phi) is 8.05.